The smallest absolute Gasteiger partial charge is 0.244 e. The highest BCUT2D eigenvalue weighted by molar-refractivity contribution is 9.10. The molecule has 0 radical (unpaired) electrons. The van der Waals surface area contributed by atoms with Gasteiger partial charge in [-0.2, -0.15) is 0 Å². The molecule has 180 valence electrons. The summed E-state index contributed by atoms with van der Waals surface area (Å²) in [4.78, 5) is 27.5. The van der Waals surface area contributed by atoms with Crippen LogP contribution in [0.4, 0.5) is 5.69 Å². The largest absolute Gasteiger partial charge is 0.352 e. The van der Waals surface area contributed by atoms with Gasteiger partial charge in [-0.3, -0.25) is 13.9 Å². The molecule has 0 spiro atoms. The molecule has 2 aromatic carbocycles. The van der Waals surface area contributed by atoms with E-state index in [1.165, 1.54) is 17.0 Å². The summed E-state index contributed by atoms with van der Waals surface area (Å²) in [6.07, 6.45) is 0.977. The Morgan fingerprint density at radius 1 is 1.09 bits per heavy atom. The van der Waals surface area contributed by atoms with Crippen LogP contribution in [0.1, 0.15) is 26.3 Å². The van der Waals surface area contributed by atoms with Gasteiger partial charge >= 0.3 is 0 Å². The normalized spacial score (nSPS) is 12.4. The predicted octanol–water partition coefficient (Wildman–Crippen LogP) is 4.46. The van der Waals surface area contributed by atoms with Crippen molar-refractivity contribution in [3.05, 3.63) is 62.5 Å². The number of nitrogens with one attached hydrogen (secondary N) is 1. The fourth-order valence-electron chi connectivity index (χ4n) is 3.10. The molecule has 2 aromatic rings. The van der Waals surface area contributed by atoms with Crippen LogP contribution in [0.15, 0.2) is 46.9 Å². The molecule has 2 rings (SSSR count). The summed E-state index contributed by atoms with van der Waals surface area (Å²) in [5, 5.41) is 2.97. The Bertz CT molecular complexity index is 1130. The van der Waals surface area contributed by atoms with Gasteiger partial charge in [0.05, 0.1) is 22.0 Å². The van der Waals surface area contributed by atoms with Crippen molar-refractivity contribution in [1.82, 2.24) is 10.2 Å². The first kappa shape index (κ1) is 27.4. The van der Waals surface area contributed by atoms with E-state index in [1.807, 2.05) is 38.1 Å². The maximum absolute atomic E-state index is 13.4. The zero-order valence-corrected chi connectivity index (χ0v) is 22.6. The second-order valence-electron chi connectivity index (χ2n) is 7.83. The van der Waals surface area contributed by atoms with Crippen LogP contribution in [0.3, 0.4) is 0 Å². The third-order valence-electron chi connectivity index (χ3n) is 4.72. The second-order valence-corrected chi connectivity index (χ2v) is 11.4. The Morgan fingerprint density at radius 3 is 2.30 bits per heavy atom. The number of sulfonamides is 1. The number of anilines is 1. The third-order valence-corrected chi connectivity index (χ3v) is 7.15. The SMILES string of the molecule is CC(C)NC(=O)[C@@H](C)N(Cc1cccc(Br)c1)C(=O)CN(c1cccc(Cl)c1Cl)S(C)(=O)=O. The van der Waals surface area contributed by atoms with E-state index in [0.717, 1.165) is 20.6 Å². The van der Waals surface area contributed by atoms with Crippen molar-refractivity contribution in [2.24, 2.45) is 0 Å². The lowest BCUT2D eigenvalue weighted by Crippen LogP contribution is -2.52. The highest BCUT2D eigenvalue weighted by Gasteiger charge is 2.31. The average Bonchev–Trinajstić information content (AvgIpc) is 2.70. The van der Waals surface area contributed by atoms with Crippen LogP contribution in [-0.2, 0) is 26.2 Å². The minimum Gasteiger partial charge on any atom is -0.352 e. The summed E-state index contributed by atoms with van der Waals surface area (Å²) in [7, 11) is -3.90. The molecule has 0 heterocycles. The number of halogens is 3. The standard InChI is InChI=1S/C22H26BrCl2N3O4S/c1-14(2)26-22(30)15(3)27(12-16-7-5-8-17(23)11-16)20(29)13-28(33(4,31)32)19-10-6-9-18(24)21(19)25/h5-11,14-15H,12-13H2,1-4H3,(H,26,30)/t15-/m1/s1. The fourth-order valence-corrected chi connectivity index (χ4v) is 4.85. The molecule has 0 saturated heterocycles. The van der Waals surface area contributed by atoms with E-state index in [1.54, 1.807) is 13.0 Å². The molecule has 0 saturated carbocycles. The van der Waals surface area contributed by atoms with E-state index in [2.05, 4.69) is 21.2 Å². The lowest BCUT2D eigenvalue weighted by atomic mass is 10.1. The van der Waals surface area contributed by atoms with Gasteiger partial charge in [0, 0.05) is 17.1 Å². The van der Waals surface area contributed by atoms with Crippen LogP contribution < -0.4 is 9.62 Å². The number of benzene rings is 2. The number of hydrogen-bond donors (Lipinski definition) is 1. The molecule has 11 heteroatoms. The van der Waals surface area contributed by atoms with Gasteiger partial charge in [-0.15, -0.1) is 0 Å². The van der Waals surface area contributed by atoms with Crippen LogP contribution in [0.25, 0.3) is 0 Å². The summed E-state index contributed by atoms with van der Waals surface area (Å²) in [6, 6.07) is 10.9. The van der Waals surface area contributed by atoms with E-state index in [4.69, 9.17) is 23.2 Å². The Balaban J connectivity index is 2.44. The molecule has 0 aliphatic carbocycles. The molecule has 1 N–H and O–H groups in total. The first-order valence-corrected chi connectivity index (χ1v) is 13.5. The Kier molecular flexibility index (Phi) is 9.60. The van der Waals surface area contributed by atoms with E-state index in [-0.39, 0.29) is 34.2 Å². The number of hydrogen-bond acceptors (Lipinski definition) is 4. The fraction of sp³-hybridized carbons (Fsp3) is 0.364. The summed E-state index contributed by atoms with van der Waals surface area (Å²) >= 11 is 15.7. The topological polar surface area (TPSA) is 86.8 Å². The lowest BCUT2D eigenvalue weighted by Gasteiger charge is -2.32. The Morgan fingerprint density at radius 2 is 1.73 bits per heavy atom. The van der Waals surface area contributed by atoms with Gasteiger partial charge < -0.3 is 10.2 Å². The highest BCUT2D eigenvalue weighted by Crippen LogP contribution is 2.33. The van der Waals surface area contributed by atoms with Gasteiger partial charge in [-0.25, -0.2) is 8.42 Å². The van der Waals surface area contributed by atoms with Gasteiger partial charge in [0.25, 0.3) is 0 Å². The maximum Gasteiger partial charge on any atom is 0.244 e. The van der Waals surface area contributed by atoms with Crippen LogP contribution in [0, 0.1) is 0 Å². The highest BCUT2D eigenvalue weighted by atomic mass is 79.9. The predicted molar refractivity (Wildman–Crippen MR) is 136 cm³/mol. The van der Waals surface area contributed by atoms with E-state index in [0.29, 0.717) is 0 Å². The van der Waals surface area contributed by atoms with Crippen molar-refractivity contribution in [2.45, 2.75) is 39.4 Å². The first-order valence-electron chi connectivity index (χ1n) is 10.1. The van der Waals surface area contributed by atoms with E-state index in [9.17, 15) is 18.0 Å². The number of carbonyl (C=O) groups is 2. The van der Waals surface area contributed by atoms with Crippen molar-refractivity contribution in [3.8, 4) is 0 Å². The van der Waals surface area contributed by atoms with Crippen molar-refractivity contribution in [3.63, 3.8) is 0 Å². The van der Waals surface area contributed by atoms with E-state index < -0.39 is 28.5 Å². The average molecular weight is 579 g/mol. The van der Waals surface area contributed by atoms with Crippen LogP contribution in [-0.4, -0.2) is 50.0 Å². The van der Waals surface area contributed by atoms with Crippen molar-refractivity contribution in [2.75, 3.05) is 17.1 Å². The molecule has 0 bridgehead atoms. The van der Waals surface area contributed by atoms with Gasteiger partial charge in [0.15, 0.2) is 0 Å². The third kappa shape index (κ3) is 7.60. The molecule has 0 aromatic heterocycles. The molecule has 0 aliphatic heterocycles. The van der Waals surface area contributed by atoms with Crippen LogP contribution >= 0.6 is 39.1 Å². The zero-order chi connectivity index (χ0) is 24.9. The van der Waals surface area contributed by atoms with Crippen molar-refractivity contribution < 1.29 is 18.0 Å². The second kappa shape index (κ2) is 11.6. The van der Waals surface area contributed by atoms with Crippen molar-refractivity contribution >= 4 is 66.7 Å². The molecule has 33 heavy (non-hydrogen) atoms. The lowest BCUT2D eigenvalue weighted by molar-refractivity contribution is -0.139. The summed E-state index contributed by atoms with van der Waals surface area (Å²) < 4.78 is 26.9. The molecule has 0 aliphatic rings. The maximum atomic E-state index is 13.4. The van der Waals surface area contributed by atoms with Gasteiger partial charge in [0.1, 0.15) is 12.6 Å². The molecule has 0 unspecified atom stereocenters. The van der Waals surface area contributed by atoms with Crippen molar-refractivity contribution in [1.29, 1.82) is 0 Å². The quantitative estimate of drug-likeness (QED) is 0.476. The minimum atomic E-state index is -3.90. The van der Waals surface area contributed by atoms with Crippen LogP contribution in [0.5, 0.6) is 0 Å². The molecule has 7 nitrogen and oxygen atoms in total. The van der Waals surface area contributed by atoms with Gasteiger partial charge in [-0.05, 0) is 50.6 Å². The van der Waals surface area contributed by atoms with Gasteiger partial charge in [-0.1, -0.05) is 57.3 Å². The minimum absolute atomic E-state index is 0.0153. The monoisotopic (exact) mass is 577 g/mol. The van der Waals surface area contributed by atoms with Crippen LogP contribution in [0.2, 0.25) is 10.0 Å². The summed E-state index contributed by atoms with van der Waals surface area (Å²) in [5.41, 5.74) is 0.857. The number of carbonyl (C=O) groups excluding carboxylic acids is 2. The Labute approximate surface area is 213 Å². The van der Waals surface area contributed by atoms with Gasteiger partial charge in [0.2, 0.25) is 21.8 Å². The molecule has 1 atom stereocenters. The Hall–Kier alpha value is -1.81. The number of rotatable bonds is 9. The molecular weight excluding hydrogens is 553 g/mol. The van der Waals surface area contributed by atoms with E-state index >= 15 is 0 Å². The number of amides is 2. The molecule has 2 amide bonds. The molecular formula is C22H26BrCl2N3O4S. The zero-order valence-electron chi connectivity index (χ0n) is 18.7. The number of nitrogens with zero attached hydrogens (tertiary/aromatic N) is 2. The first-order chi connectivity index (χ1) is 15.3. The molecule has 0 fully saturated rings. The summed E-state index contributed by atoms with van der Waals surface area (Å²) in [6.45, 7) is 4.79. The summed E-state index contributed by atoms with van der Waals surface area (Å²) in [5.74, 6) is -0.914.